The van der Waals surface area contributed by atoms with Crippen molar-refractivity contribution in [3.63, 3.8) is 0 Å². The predicted octanol–water partition coefficient (Wildman–Crippen LogP) is 4.78. The lowest BCUT2D eigenvalue weighted by atomic mass is 10.0. The van der Waals surface area contributed by atoms with E-state index in [2.05, 4.69) is 5.32 Å². The van der Waals surface area contributed by atoms with Crippen molar-refractivity contribution < 1.29 is 28.2 Å². The van der Waals surface area contributed by atoms with Crippen LogP contribution in [0.3, 0.4) is 0 Å². The summed E-state index contributed by atoms with van der Waals surface area (Å²) in [5.41, 5.74) is 0.628. The van der Waals surface area contributed by atoms with Crippen molar-refractivity contribution in [2.75, 3.05) is 20.8 Å². The zero-order valence-corrected chi connectivity index (χ0v) is 22.5. The first kappa shape index (κ1) is 28.5. The van der Waals surface area contributed by atoms with Gasteiger partial charge in [0.25, 0.3) is 5.91 Å². The van der Waals surface area contributed by atoms with Crippen LogP contribution in [0.15, 0.2) is 72.8 Å². The van der Waals surface area contributed by atoms with Crippen molar-refractivity contribution in [3.05, 3.63) is 89.7 Å². The zero-order valence-electron chi connectivity index (χ0n) is 22.5. The van der Waals surface area contributed by atoms with Crippen molar-refractivity contribution in [2.24, 2.45) is 0 Å². The number of ether oxygens (including phenoxy) is 3. The van der Waals surface area contributed by atoms with Crippen molar-refractivity contribution in [2.45, 2.75) is 45.3 Å². The van der Waals surface area contributed by atoms with Gasteiger partial charge >= 0.3 is 0 Å². The Bertz CT molecular complexity index is 1200. The number of carbonyl (C=O) groups is 2. The third-order valence-corrected chi connectivity index (χ3v) is 5.76. The molecule has 0 unspecified atom stereocenters. The molecule has 0 saturated heterocycles. The summed E-state index contributed by atoms with van der Waals surface area (Å²) in [6.07, 6.45) is 0.246. The normalized spacial score (nSPS) is 11.8. The molecule has 0 fully saturated rings. The lowest BCUT2D eigenvalue weighted by molar-refractivity contribution is -0.143. The van der Waals surface area contributed by atoms with Gasteiger partial charge in [-0.2, -0.15) is 0 Å². The first-order chi connectivity index (χ1) is 18.1. The topological polar surface area (TPSA) is 77.1 Å². The smallest absolute Gasteiger partial charge is 0.261 e. The number of methoxy groups -OCH3 is 2. The number of rotatable bonds is 11. The van der Waals surface area contributed by atoms with Crippen LogP contribution in [0.1, 0.15) is 31.9 Å². The second-order valence-electron chi connectivity index (χ2n) is 9.89. The molecule has 3 aromatic rings. The van der Waals surface area contributed by atoms with Crippen molar-refractivity contribution in [1.82, 2.24) is 10.2 Å². The van der Waals surface area contributed by atoms with E-state index in [1.165, 1.54) is 25.2 Å². The molecule has 0 aliphatic carbocycles. The van der Waals surface area contributed by atoms with E-state index in [0.29, 0.717) is 22.8 Å². The summed E-state index contributed by atoms with van der Waals surface area (Å²) in [5.74, 6) is 0.0924. The van der Waals surface area contributed by atoms with Gasteiger partial charge in [-0.05, 0) is 32.4 Å². The Morgan fingerprint density at radius 3 is 2.05 bits per heavy atom. The Morgan fingerprint density at radius 1 is 0.895 bits per heavy atom. The van der Waals surface area contributed by atoms with Gasteiger partial charge in [0.15, 0.2) is 6.61 Å². The maximum atomic E-state index is 14.7. The largest absolute Gasteiger partial charge is 0.496 e. The molecule has 0 aliphatic rings. The molecule has 0 spiro atoms. The summed E-state index contributed by atoms with van der Waals surface area (Å²) in [6.45, 7) is 5.12. The van der Waals surface area contributed by atoms with Crippen LogP contribution in [-0.4, -0.2) is 49.1 Å². The second kappa shape index (κ2) is 12.9. The molecule has 0 bridgehead atoms. The van der Waals surface area contributed by atoms with Gasteiger partial charge in [0.05, 0.1) is 14.2 Å². The number of nitrogens with one attached hydrogen (secondary N) is 1. The Kier molecular flexibility index (Phi) is 9.71. The quantitative estimate of drug-likeness (QED) is 0.392. The highest BCUT2D eigenvalue weighted by molar-refractivity contribution is 5.89. The number of halogens is 1. The van der Waals surface area contributed by atoms with Crippen LogP contribution in [0.5, 0.6) is 17.2 Å². The fraction of sp³-hybridized carbons (Fsp3) is 0.333. The van der Waals surface area contributed by atoms with Crippen molar-refractivity contribution in [3.8, 4) is 17.2 Å². The van der Waals surface area contributed by atoms with E-state index in [9.17, 15) is 14.0 Å². The highest BCUT2D eigenvalue weighted by Crippen LogP contribution is 2.27. The van der Waals surface area contributed by atoms with Crippen LogP contribution >= 0.6 is 0 Å². The van der Waals surface area contributed by atoms with Gasteiger partial charge < -0.3 is 24.4 Å². The minimum absolute atomic E-state index is 0.106. The van der Waals surface area contributed by atoms with Gasteiger partial charge in [-0.1, -0.05) is 48.5 Å². The number of carbonyl (C=O) groups excluding carboxylic acids is 2. The van der Waals surface area contributed by atoms with E-state index in [0.717, 1.165) is 5.56 Å². The molecule has 1 N–H and O–H groups in total. The maximum Gasteiger partial charge on any atom is 0.261 e. The molecule has 0 heterocycles. The minimum Gasteiger partial charge on any atom is -0.496 e. The van der Waals surface area contributed by atoms with Crippen molar-refractivity contribution in [1.29, 1.82) is 0 Å². The predicted molar refractivity (Wildman–Crippen MR) is 144 cm³/mol. The van der Waals surface area contributed by atoms with Crippen LogP contribution < -0.4 is 19.5 Å². The molecule has 8 heteroatoms. The summed E-state index contributed by atoms with van der Waals surface area (Å²) >= 11 is 0. The number of hydrogen-bond acceptors (Lipinski definition) is 5. The zero-order chi connectivity index (χ0) is 27.7. The Hall–Kier alpha value is -4.07. The average Bonchev–Trinajstić information content (AvgIpc) is 2.89. The van der Waals surface area contributed by atoms with Crippen LogP contribution in [0.25, 0.3) is 0 Å². The fourth-order valence-corrected chi connectivity index (χ4v) is 3.91. The van der Waals surface area contributed by atoms with Crippen LogP contribution in [0, 0.1) is 5.82 Å². The molecule has 7 nitrogen and oxygen atoms in total. The highest BCUT2D eigenvalue weighted by Gasteiger charge is 2.33. The van der Waals surface area contributed by atoms with Gasteiger partial charge in [-0.15, -0.1) is 0 Å². The number of benzene rings is 3. The molecule has 0 aromatic heterocycles. The number of nitrogens with zero attached hydrogens (tertiary/aromatic N) is 1. The molecule has 2 amide bonds. The molecule has 3 rings (SSSR count). The molecule has 0 radical (unpaired) electrons. The van der Waals surface area contributed by atoms with E-state index >= 15 is 0 Å². The van der Waals surface area contributed by atoms with E-state index in [1.807, 2.05) is 51.1 Å². The summed E-state index contributed by atoms with van der Waals surface area (Å²) in [6, 6.07) is 19.7. The first-order valence-corrected chi connectivity index (χ1v) is 12.3. The number of hydrogen-bond donors (Lipinski definition) is 1. The second-order valence-corrected chi connectivity index (χ2v) is 9.89. The lowest BCUT2D eigenvalue weighted by Gasteiger charge is -2.33. The van der Waals surface area contributed by atoms with Gasteiger partial charge in [-0.3, -0.25) is 9.59 Å². The fourth-order valence-electron chi connectivity index (χ4n) is 3.91. The molecule has 0 aliphatic heterocycles. The first-order valence-electron chi connectivity index (χ1n) is 12.3. The van der Waals surface area contributed by atoms with E-state index < -0.39 is 23.3 Å². The van der Waals surface area contributed by atoms with Crippen molar-refractivity contribution >= 4 is 11.8 Å². The Labute approximate surface area is 223 Å². The van der Waals surface area contributed by atoms with Crippen LogP contribution in [0.4, 0.5) is 4.39 Å². The monoisotopic (exact) mass is 522 g/mol. The molecular weight excluding hydrogens is 487 g/mol. The van der Waals surface area contributed by atoms with E-state index in [1.54, 1.807) is 36.4 Å². The van der Waals surface area contributed by atoms with Gasteiger partial charge in [0.1, 0.15) is 29.1 Å². The Morgan fingerprint density at radius 2 is 1.47 bits per heavy atom. The molecular formula is C30H35FN2O5. The van der Waals surface area contributed by atoms with Gasteiger partial charge in [0.2, 0.25) is 5.91 Å². The Balaban J connectivity index is 1.95. The SMILES string of the molecule is COc1cc(OC)cc(OCC(=O)N(Cc2ccccc2F)[C@@H](Cc2ccccc2)C(=O)NC(C)(C)C)c1. The molecule has 3 aromatic carbocycles. The lowest BCUT2D eigenvalue weighted by Crippen LogP contribution is -2.55. The summed E-state index contributed by atoms with van der Waals surface area (Å²) < 4.78 is 31.1. The van der Waals surface area contributed by atoms with Gasteiger partial charge in [0, 0.05) is 42.3 Å². The van der Waals surface area contributed by atoms with Crippen LogP contribution in [0.2, 0.25) is 0 Å². The van der Waals surface area contributed by atoms with E-state index in [4.69, 9.17) is 14.2 Å². The van der Waals surface area contributed by atoms with E-state index in [-0.39, 0.29) is 25.5 Å². The minimum atomic E-state index is -0.910. The molecule has 1 atom stereocenters. The third kappa shape index (κ3) is 8.23. The number of amides is 2. The van der Waals surface area contributed by atoms with Gasteiger partial charge in [-0.25, -0.2) is 4.39 Å². The summed E-state index contributed by atoms with van der Waals surface area (Å²) in [5, 5.41) is 2.98. The third-order valence-electron chi connectivity index (χ3n) is 5.76. The highest BCUT2D eigenvalue weighted by atomic mass is 19.1. The average molecular weight is 523 g/mol. The molecule has 38 heavy (non-hydrogen) atoms. The molecule has 0 saturated carbocycles. The maximum absolute atomic E-state index is 14.7. The molecule has 202 valence electrons. The van der Waals surface area contributed by atoms with Crippen LogP contribution in [-0.2, 0) is 22.6 Å². The standard InChI is InChI=1S/C30H35FN2O5/c1-30(2,3)32-29(35)27(15-21-11-7-6-8-12-21)33(19-22-13-9-10-14-26(22)31)28(34)20-38-25-17-23(36-4)16-24(18-25)37-5/h6-14,16-18,27H,15,19-20H2,1-5H3,(H,32,35)/t27-/m0/s1. The summed E-state index contributed by atoms with van der Waals surface area (Å²) in [4.78, 5) is 28.6. The summed E-state index contributed by atoms with van der Waals surface area (Å²) in [7, 11) is 3.03.